The van der Waals surface area contributed by atoms with Crippen molar-refractivity contribution in [2.24, 2.45) is 16.1 Å². The van der Waals surface area contributed by atoms with E-state index >= 15 is 0 Å². The second kappa shape index (κ2) is 7.07. The number of nitrogens with two attached hydrogens (primary N) is 1. The molecule has 3 N–H and O–H groups in total. The van der Waals surface area contributed by atoms with E-state index in [1.54, 1.807) is 20.8 Å². The van der Waals surface area contributed by atoms with Crippen molar-refractivity contribution >= 4 is 35.1 Å². The fourth-order valence-electron chi connectivity index (χ4n) is 3.16. The summed E-state index contributed by atoms with van der Waals surface area (Å²) in [5.41, 5.74) is 3.94. The number of anilines is 1. The first-order valence-electron chi connectivity index (χ1n) is 8.70. The Morgan fingerprint density at radius 1 is 1.24 bits per heavy atom. The molecule has 1 atom stereocenters. The van der Waals surface area contributed by atoms with Crippen molar-refractivity contribution in [3.63, 3.8) is 0 Å². The van der Waals surface area contributed by atoms with Crippen LogP contribution >= 0.6 is 11.6 Å². The van der Waals surface area contributed by atoms with E-state index in [4.69, 9.17) is 17.3 Å². The first kappa shape index (κ1) is 20.7. The summed E-state index contributed by atoms with van der Waals surface area (Å²) in [6.07, 6.45) is 2.59. The highest BCUT2D eigenvalue weighted by Crippen LogP contribution is 2.47. The Labute approximate surface area is 172 Å². The Kier molecular flexibility index (Phi) is 5.04. The Morgan fingerprint density at radius 3 is 2.48 bits per heavy atom. The van der Waals surface area contributed by atoms with E-state index in [1.807, 2.05) is 0 Å². The Bertz CT molecular complexity index is 1020. The summed E-state index contributed by atoms with van der Waals surface area (Å²) in [6.45, 7) is 4.99. The van der Waals surface area contributed by atoms with Crippen molar-refractivity contribution in [1.29, 1.82) is 0 Å². The number of hydrogen-bond acceptors (Lipinski definition) is 6. The molecular formula is C19H20ClFN6O2. The van der Waals surface area contributed by atoms with Crippen LogP contribution in [0, 0.1) is 11.2 Å². The first-order valence-corrected chi connectivity index (χ1v) is 9.07. The molecule has 1 aliphatic heterocycles. The summed E-state index contributed by atoms with van der Waals surface area (Å²) < 4.78 is 14.8. The number of aliphatic imine (C=N–C) groups is 1. The molecule has 1 aromatic heterocycles. The van der Waals surface area contributed by atoms with Gasteiger partial charge in [-0.05, 0) is 39.0 Å². The third-order valence-corrected chi connectivity index (χ3v) is 5.51. The van der Waals surface area contributed by atoms with Crippen molar-refractivity contribution in [2.75, 3.05) is 12.4 Å². The van der Waals surface area contributed by atoms with Crippen molar-refractivity contribution < 1.29 is 14.0 Å². The van der Waals surface area contributed by atoms with E-state index in [9.17, 15) is 14.0 Å². The summed E-state index contributed by atoms with van der Waals surface area (Å²) in [6, 6.07) is 4.02. The molecule has 0 fully saturated rings. The minimum atomic E-state index is -1.29. The minimum absolute atomic E-state index is 0.0137. The molecular weight excluding hydrogens is 399 g/mol. The van der Waals surface area contributed by atoms with Gasteiger partial charge >= 0.3 is 0 Å². The molecule has 0 radical (unpaired) electrons. The maximum Gasteiger partial charge on any atom is 0.293 e. The number of guanidine groups is 1. The third-order valence-electron chi connectivity index (χ3n) is 5.31. The number of amides is 2. The highest BCUT2D eigenvalue weighted by atomic mass is 35.5. The van der Waals surface area contributed by atoms with Crippen LogP contribution in [0.4, 0.5) is 10.1 Å². The zero-order chi connectivity index (χ0) is 21.6. The number of aromatic nitrogens is 2. The van der Waals surface area contributed by atoms with Gasteiger partial charge in [0, 0.05) is 30.7 Å². The van der Waals surface area contributed by atoms with E-state index in [1.165, 1.54) is 42.5 Å². The van der Waals surface area contributed by atoms with Gasteiger partial charge in [0.1, 0.15) is 11.4 Å². The summed E-state index contributed by atoms with van der Waals surface area (Å²) >= 11 is 5.72. The molecule has 3 rings (SSSR count). The summed E-state index contributed by atoms with van der Waals surface area (Å²) in [4.78, 5) is 38.5. The number of halogens is 2. The zero-order valence-corrected chi connectivity index (χ0v) is 17.1. The molecule has 29 heavy (non-hydrogen) atoms. The second-order valence-electron chi connectivity index (χ2n) is 7.41. The predicted molar refractivity (Wildman–Crippen MR) is 107 cm³/mol. The van der Waals surface area contributed by atoms with Crippen molar-refractivity contribution in [3.05, 3.63) is 52.8 Å². The van der Waals surface area contributed by atoms with E-state index < -0.39 is 22.7 Å². The molecule has 0 saturated carbocycles. The lowest BCUT2D eigenvalue weighted by atomic mass is 9.67. The van der Waals surface area contributed by atoms with Gasteiger partial charge in [0.2, 0.25) is 11.7 Å². The van der Waals surface area contributed by atoms with Gasteiger partial charge in [-0.2, -0.15) is 0 Å². The maximum absolute atomic E-state index is 14.8. The van der Waals surface area contributed by atoms with E-state index in [2.05, 4.69) is 20.3 Å². The number of nitrogens with one attached hydrogen (secondary N) is 1. The number of benzene rings is 1. The highest BCUT2D eigenvalue weighted by Gasteiger charge is 2.53. The number of hydrogen-bond donors (Lipinski definition) is 2. The molecule has 0 bridgehead atoms. The standard InChI is InChI=1S/C19H20ClFN6O2/c1-18(2)16(29)27(4)17(22)26-19(18,3)12-7-11(5-6-13(12)21)25-15(28)14-23-8-10(20)9-24-14/h5-9H,1-4H3,(H2,22,26)(H,25,28)/t19-/m1/s1. The van der Waals surface area contributed by atoms with Gasteiger partial charge in [-0.15, -0.1) is 0 Å². The van der Waals surface area contributed by atoms with E-state index in [0.717, 1.165) is 0 Å². The van der Waals surface area contributed by atoms with Gasteiger partial charge in [-0.1, -0.05) is 11.6 Å². The number of carbonyl (C=O) groups excluding carboxylic acids is 2. The topological polar surface area (TPSA) is 114 Å². The monoisotopic (exact) mass is 418 g/mol. The fraction of sp³-hybridized carbons (Fsp3) is 0.316. The number of rotatable bonds is 3. The number of nitrogens with zero attached hydrogens (tertiary/aromatic N) is 4. The molecule has 8 nitrogen and oxygen atoms in total. The van der Waals surface area contributed by atoms with Gasteiger partial charge < -0.3 is 11.1 Å². The van der Waals surface area contributed by atoms with Crippen LogP contribution < -0.4 is 11.1 Å². The van der Waals surface area contributed by atoms with Gasteiger partial charge in [0.25, 0.3) is 5.91 Å². The molecule has 0 spiro atoms. The van der Waals surface area contributed by atoms with Gasteiger partial charge in [0.05, 0.1) is 10.4 Å². The van der Waals surface area contributed by atoms with Crippen LogP contribution in [-0.2, 0) is 10.3 Å². The van der Waals surface area contributed by atoms with Crippen LogP contribution in [0.3, 0.4) is 0 Å². The molecule has 2 heterocycles. The largest absolute Gasteiger partial charge is 0.369 e. The lowest BCUT2D eigenvalue weighted by Crippen LogP contribution is -2.58. The molecule has 0 aliphatic carbocycles. The van der Waals surface area contributed by atoms with Gasteiger partial charge in [-0.25, -0.2) is 19.4 Å². The van der Waals surface area contributed by atoms with Crippen LogP contribution in [0.2, 0.25) is 5.02 Å². The Morgan fingerprint density at radius 2 is 1.86 bits per heavy atom. The van der Waals surface area contributed by atoms with Crippen molar-refractivity contribution in [3.8, 4) is 0 Å². The highest BCUT2D eigenvalue weighted by molar-refractivity contribution is 6.30. The van der Waals surface area contributed by atoms with Crippen molar-refractivity contribution in [1.82, 2.24) is 14.9 Å². The van der Waals surface area contributed by atoms with E-state index in [-0.39, 0.29) is 23.3 Å². The molecule has 2 aromatic rings. The van der Waals surface area contributed by atoms with Gasteiger partial charge in [-0.3, -0.25) is 14.5 Å². The molecule has 0 saturated heterocycles. The van der Waals surface area contributed by atoms with Crippen LogP contribution in [0.1, 0.15) is 37.0 Å². The zero-order valence-electron chi connectivity index (χ0n) is 16.3. The average molecular weight is 419 g/mol. The molecule has 1 aliphatic rings. The van der Waals surface area contributed by atoms with Crippen LogP contribution in [0.25, 0.3) is 0 Å². The predicted octanol–water partition coefficient (Wildman–Crippen LogP) is 2.55. The lowest BCUT2D eigenvalue weighted by molar-refractivity contribution is -0.140. The van der Waals surface area contributed by atoms with Crippen LogP contribution in [0.5, 0.6) is 0 Å². The molecule has 0 unspecified atom stereocenters. The molecule has 152 valence electrons. The van der Waals surface area contributed by atoms with Gasteiger partial charge in [0.15, 0.2) is 5.96 Å². The first-order chi connectivity index (χ1) is 13.5. The second-order valence-corrected chi connectivity index (χ2v) is 7.84. The summed E-state index contributed by atoms with van der Waals surface area (Å²) in [7, 11) is 1.52. The quantitative estimate of drug-likeness (QED) is 0.795. The third kappa shape index (κ3) is 3.42. The average Bonchev–Trinajstić information content (AvgIpc) is 2.67. The summed E-state index contributed by atoms with van der Waals surface area (Å²) in [5.74, 6) is -1.57. The Balaban J connectivity index is 2.02. The molecule has 1 aromatic carbocycles. The smallest absolute Gasteiger partial charge is 0.293 e. The van der Waals surface area contributed by atoms with Crippen molar-refractivity contribution in [2.45, 2.75) is 26.3 Å². The molecule has 10 heteroatoms. The fourth-order valence-corrected chi connectivity index (χ4v) is 3.26. The molecule has 2 amide bonds. The number of carbonyl (C=O) groups is 2. The van der Waals surface area contributed by atoms with Crippen LogP contribution in [-0.4, -0.2) is 39.7 Å². The normalized spacial score (nSPS) is 21.0. The maximum atomic E-state index is 14.8. The van der Waals surface area contributed by atoms with E-state index in [0.29, 0.717) is 10.7 Å². The summed E-state index contributed by atoms with van der Waals surface area (Å²) in [5, 5.41) is 2.91. The lowest BCUT2D eigenvalue weighted by Gasteiger charge is -2.46. The SMILES string of the molecule is CN1C(=O)C(C)(C)[C@@](C)(c2cc(NC(=O)c3ncc(Cl)cn3)ccc2F)N=C1N. The minimum Gasteiger partial charge on any atom is -0.369 e. The van der Waals surface area contributed by atoms with Crippen LogP contribution in [0.15, 0.2) is 35.6 Å². The Hall–Kier alpha value is -3.07.